The molecule has 0 fully saturated rings. The van der Waals surface area contributed by atoms with Gasteiger partial charge in [0.15, 0.2) is 0 Å². The van der Waals surface area contributed by atoms with Crippen LogP contribution < -0.4 is 16.0 Å². The summed E-state index contributed by atoms with van der Waals surface area (Å²) in [5, 5.41) is 2.62. The minimum atomic E-state index is -0.0333. The van der Waals surface area contributed by atoms with Crippen LogP contribution >= 0.6 is 12.2 Å². The molecule has 5 heteroatoms. The largest absolute Gasteiger partial charge is 0.389 e. The second-order valence-electron chi connectivity index (χ2n) is 4.02. The van der Waals surface area contributed by atoms with Crippen molar-refractivity contribution < 1.29 is 4.79 Å². The molecule has 1 amide bonds. The Bertz CT molecular complexity index is 460. The number of nitrogens with one attached hydrogen (secondary N) is 1. The number of benzene rings is 1. The fraction of sp³-hybridized carbons (Fsp3) is 0.385. The van der Waals surface area contributed by atoms with Gasteiger partial charge in [-0.15, -0.1) is 0 Å². The molecule has 0 bridgehead atoms. The SMILES string of the molecule is CCN(CC(=O)NC)c1c(C)cccc1C(N)=S. The van der Waals surface area contributed by atoms with Crippen LogP contribution in [-0.4, -0.2) is 31.0 Å². The Kier molecular flexibility index (Phi) is 5.09. The molecule has 0 saturated carbocycles. The lowest BCUT2D eigenvalue weighted by atomic mass is 10.1. The number of anilines is 1. The third-order valence-corrected chi connectivity index (χ3v) is 3.03. The first-order valence-corrected chi connectivity index (χ1v) is 6.27. The number of nitrogens with zero attached hydrogens (tertiary/aromatic N) is 1. The first kappa shape index (κ1) is 14.4. The van der Waals surface area contributed by atoms with E-state index < -0.39 is 0 Å². The maximum atomic E-state index is 11.5. The zero-order valence-electron chi connectivity index (χ0n) is 11.0. The molecule has 18 heavy (non-hydrogen) atoms. The van der Waals surface area contributed by atoms with Gasteiger partial charge in [-0.05, 0) is 25.5 Å². The molecule has 0 heterocycles. The molecule has 0 unspecified atom stereocenters. The molecule has 3 N–H and O–H groups in total. The van der Waals surface area contributed by atoms with Crippen molar-refractivity contribution in [2.45, 2.75) is 13.8 Å². The molecule has 4 nitrogen and oxygen atoms in total. The van der Waals surface area contributed by atoms with Gasteiger partial charge in [-0.25, -0.2) is 0 Å². The Balaban J connectivity index is 3.19. The van der Waals surface area contributed by atoms with E-state index in [9.17, 15) is 4.79 Å². The second-order valence-corrected chi connectivity index (χ2v) is 4.46. The Hall–Kier alpha value is -1.62. The van der Waals surface area contributed by atoms with Gasteiger partial charge in [0.2, 0.25) is 5.91 Å². The third kappa shape index (κ3) is 3.20. The number of thiocarbonyl (C=S) groups is 1. The number of nitrogens with two attached hydrogens (primary N) is 1. The number of likely N-dealkylation sites (N-methyl/N-ethyl adjacent to an activating group) is 2. The monoisotopic (exact) mass is 265 g/mol. The average Bonchev–Trinajstić information content (AvgIpc) is 2.35. The van der Waals surface area contributed by atoms with Crippen LogP contribution in [0.15, 0.2) is 18.2 Å². The van der Waals surface area contributed by atoms with Crippen molar-refractivity contribution in [2.24, 2.45) is 5.73 Å². The quantitative estimate of drug-likeness (QED) is 0.786. The molecule has 1 rings (SSSR count). The normalized spacial score (nSPS) is 9.94. The van der Waals surface area contributed by atoms with Gasteiger partial charge in [0.25, 0.3) is 0 Å². The van der Waals surface area contributed by atoms with Crippen molar-refractivity contribution in [1.82, 2.24) is 5.32 Å². The second kappa shape index (κ2) is 6.35. The molecule has 98 valence electrons. The van der Waals surface area contributed by atoms with E-state index in [0.717, 1.165) is 16.8 Å². The number of amides is 1. The molecule has 0 aromatic heterocycles. The van der Waals surface area contributed by atoms with Gasteiger partial charge in [-0.2, -0.15) is 0 Å². The molecular weight excluding hydrogens is 246 g/mol. The predicted octanol–water partition coefficient (Wildman–Crippen LogP) is 1.20. The fourth-order valence-corrected chi connectivity index (χ4v) is 2.04. The van der Waals surface area contributed by atoms with Gasteiger partial charge in [0.05, 0.1) is 12.2 Å². The average molecular weight is 265 g/mol. The summed E-state index contributed by atoms with van der Waals surface area (Å²) in [5.74, 6) is -0.0333. The van der Waals surface area contributed by atoms with Crippen LogP contribution in [0.5, 0.6) is 0 Å². The highest BCUT2D eigenvalue weighted by molar-refractivity contribution is 7.80. The minimum Gasteiger partial charge on any atom is -0.389 e. The summed E-state index contributed by atoms with van der Waals surface area (Å²) in [5.41, 5.74) is 8.56. The minimum absolute atomic E-state index is 0.0333. The zero-order valence-corrected chi connectivity index (χ0v) is 11.8. The van der Waals surface area contributed by atoms with Crippen LogP contribution in [-0.2, 0) is 4.79 Å². The van der Waals surface area contributed by atoms with Crippen LogP contribution in [0.2, 0.25) is 0 Å². The lowest BCUT2D eigenvalue weighted by Gasteiger charge is -2.26. The fourth-order valence-electron chi connectivity index (χ4n) is 1.88. The van der Waals surface area contributed by atoms with Crippen molar-refractivity contribution in [3.8, 4) is 0 Å². The van der Waals surface area contributed by atoms with Crippen LogP contribution in [0.25, 0.3) is 0 Å². The number of para-hydroxylation sites is 1. The predicted molar refractivity (Wildman–Crippen MR) is 79.0 cm³/mol. The molecule has 0 aliphatic heterocycles. The summed E-state index contributed by atoms with van der Waals surface area (Å²) < 4.78 is 0. The van der Waals surface area contributed by atoms with Crippen molar-refractivity contribution in [3.05, 3.63) is 29.3 Å². The number of hydrogen-bond donors (Lipinski definition) is 2. The van der Waals surface area contributed by atoms with Gasteiger partial charge < -0.3 is 16.0 Å². The maximum Gasteiger partial charge on any atom is 0.239 e. The highest BCUT2D eigenvalue weighted by Crippen LogP contribution is 2.25. The number of hydrogen-bond acceptors (Lipinski definition) is 3. The standard InChI is InChI=1S/C13H19N3OS/c1-4-16(8-11(17)15-3)12-9(2)6-5-7-10(12)13(14)18/h5-7H,4,8H2,1-3H3,(H2,14,18)(H,15,17). The van der Waals surface area contributed by atoms with Gasteiger partial charge in [-0.3, -0.25) is 4.79 Å². The molecule has 0 spiro atoms. The number of carbonyl (C=O) groups is 1. The molecule has 1 aromatic carbocycles. The Morgan fingerprint density at radius 1 is 1.50 bits per heavy atom. The topological polar surface area (TPSA) is 58.4 Å². The lowest BCUT2D eigenvalue weighted by Crippen LogP contribution is -2.37. The molecule has 0 atom stereocenters. The molecule has 0 saturated heterocycles. The molecule has 1 aromatic rings. The van der Waals surface area contributed by atoms with E-state index in [4.69, 9.17) is 18.0 Å². The van der Waals surface area contributed by atoms with Gasteiger partial charge in [0.1, 0.15) is 4.99 Å². The number of rotatable bonds is 5. The summed E-state index contributed by atoms with van der Waals surface area (Å²) >= 11 is 5.07. The van der Waals surface area contributed by atoms with E-state index in [1.54, 1.807) is 7.05 Å². The van der Waals surface area contributed by atoms with E-state index in [2.05, 4.69) is 5.32 Å². The lowest BCUT2D eigenvalue weighted by molar-refractivity contribution is -0.119. The Morgan fingerprint density at radius 2 is 2.17 bits per heavy atom. The van der Waals surface area contributed by atoms with E-state index in [1.165, 1.54) is 0 Å². The molecule has 0 aliphatic rings. The van der Waals surface area contributed by atoms with Crippen LogP contribution in [0.1, 0.15) is 18.1 Å². The van der Waals surface area contributed by atoms with Crippen LogP contribution in [0.3, 0.4) is 0 Å². The van der Waals surface area contributed by atoms with Gasteiger partial charge in [-0.1, -0.05) is 24.4 Å². The molecule has 0 radical (unpaired) electrons. The van der Waals surface area contributed by atoms with Crippen molar-refractivity contribution in [2.75, 3.05) is 25.0 Å². The van der Waals surface area contributed by atoms with Gasteiger partial charge in [0, 0.05) is 19.2 Å². The zero-order chi connectivity index (χ0) is 13.7. The van der Waals surface area contributed by atoms with Crippen LogP contribution in [0.4, 0.5) is 5.69 Å². The summed E-state index contributed by atoms with van der Waals surface area (Å²) in [6.45, 7) is 5.00. The third-order valence-electron chi connectivity index (χ3n) is 2.81. The summed E-state index contributed by atoms with van der Waals surface area (Å²) in [6, 6.07) is 5.79. The maximum absolute atomic E-state index is 11.5. The summed E-state index contributed by atoms with van der Waals surface area (Å²) in [7, 11) is 1.63. The Labute approximate surface area is 113 Å². The van der Waals surface area contributed by atoms with Gasteiger partial charge >= 0.3 is 0 Å². The summed E-state index contributed by atoms with van der Waals surface area (Å²) in [6.07, 6.45) is 0. The smallest absolute Gasteiger partial charge is 0.239 e. The van der Waals surface area contributed by atoms with Crippen molar-refractivity contribution in [3.63, 3.8) is 0 Å². The van der Waals surface area contributed by atoms with Crippen LogP contribution in [0, 0.1) is 6.92 Å². The number of carbonyl (C=O) groups excluding carboxylic acids is 1. The van der Waals surface area contributed by atoms with E-state index in [1.807, 2.05) is 36.9 Å². The highest BCUT2D eigenvalue weighted by Gasteiger charge is 2.16. The molecule has 0 aliphatic carbocycles. The van der Waals surface area contributed by atoms with Crippen molar-refractivity contribution in [1.29, 1.82) is 0 Å². The Morgan fingerprint density at radius 3 is 2.67 bits per heavy atom. The van der Waals surface area contributed by atoms with E-state index >= 15 is 0 Å². The van der Waals surface area contributed by atoms with E-state index in [0.29, 0.717) is 18.1 Å². The number of aryl methyl sites for hydroxylation is 1. The summed E-state index contributed by atoms with van der Waals surface area (Å²) in [4.78, 5) is 13.9. The highest BCUT2D eigenvalue weighted by atomic mass is 32.1. The first-order valence-electron chi connectivity index (χ1n) is 5.86. The van der Waals surface area contributed by atoms with Crippen molar-refractivity contribution >= 4 is 28.8 Å². The molecular formula is C13H19N3OS. The van der Waals surface area contributed by atoms with E-state index in [-0.39, 0.29) is 5.91 Å². The first-order chi connectivity index (χ1) is 8.51.